The van der Waals surface area contributed by atoms with Crippen LogP contribution >= 0.6 is 22.6 Å². The Morgan fingerprint density at radius 3 is 2.64 bits per heavy atom. The molecule has 0 atom stereocenters. The van der Waals surface area contributed by atoms with Crippen molar-refractivity contribution in [1.29, 1.82) is 0 Å². The van der Waals surface area contributed by atoms with Gasteiger partial charge in [-0.1, -0.05) is 0 Å². The van der Waals surface area contributed by atoms with Crippen LogP contribution in [0.2, 0.25) is 0 Å². The van der Waals surface area contributed by atoms with Gasteiger partial charge in [0.05, 0.1) is 6.61 Å². The predicted molar refractivity (Wildman–Crippen MR) is 55.7 cm³/mol. The maximum absolute atomic E-state index is 12.6. The van der Waals surface area contributed by atoms with Crippen LogP contribution in [-0.4, -0.2) is 10.1 Å². The number of nitrogens with two attached hydrogens (primary N) is 1. The number of halogens is 3. The van der Waals surface area contributed by atoms with E-state index in [0.717, 1.165) is 0 Å². The average Bonchev–Trinajstić information content (AvgIpc) is 2.17. The Kier molecular flexibility index (Phi) is 4.14. The van der Waals surface area contributed by atoms with Crippen molar-refractivity contribution in [2.24, 2.45) is 5.73 Å². The second-order valence-corrected chi connectivity index (χ2v) is 3.65. The number of aromatic nitrogens is 1. The molecule has 3 nitrogen and oxygen atoms in total. The smallest absolute Gasteiger partial charge is 0.264 e. The highest BCUT2D eigenvalue weighted by atomic mass is 127. The molecule has 78 valence electrons. The summed E-state index contributed by atoms with van der Waals surface area (Å²) in [5, 5.41) is 8.95. The number of alkyl halides is 2. The van der Waals surface area contributed by atoms with E-state index in [9.17, 15) is 8.78 Å². The van der Waals surface area contributed by atoms with Crippen LogP contribution in [-0.2, 0) is 13.2 Å². The molecular weight excluding hydrogens is 305 g/mol. The second kappa shape index (κ2) is 4.94. The highest BCUT2D eigenvalue weighted by molar-refractivity contribution is 14.1. The zero-order valence-corrected chi connectivity index (χ0v) is 9.33. The Labute approximate surface area is 93.5 Å². The Hall–Kier alpha value is -0.340. The van der Waals surface area contributed by atoms with Crippen LogP contribution in [0, 0.1) is 3.70 Å². The molecule has 1 aromatic heterocycles. The van der Waals surface area contributed by atoms with Crippen LogP contribution < -0.4 is 5.73 Å². The van der Waals surface area contributed by atoms with Crippen LogP contribution in [0.5, 0.6) is 0 Å². The van der Waals surface area contributed by atoms with Crippen molar-refractivity contribution >= 4 is 22.6 Å². The Morgan fingerprint density at radius 2 is 2.21 bits per heavy atom. The fourth-order valence-corrected chi connectivity index (χ4v) is 1.77. The fourth-order valence-electron chi connectivity index (χ4n) is 1.17. The van der Waals surface area contributed by atoms with Gasteiger partial charge in [0, 0.05) is 23.9 Å². The molecule has 0 saturated heterocycles. The third-order valence-corrected chi connectivity index (χ3v) is 2.78. The molecule has 0 aliphatic rings. The van der Waals surface area contributed by atoms with Gasteiger partial charge < -0.3 is 10.8 Å². The summed E-state index contributed by atoms with van der Waals surface area (Å²) in [6, 6.07) is 0. The lowest BCUT2D eigenvalue weighted by Crippen LogP contribution is -2.09. The lowest BCUT2D eigenvalue weighted by molar-refractivity contribution is 0.145. The van der Waals surface area contributed by atoms with Gasteiger partial charge in [-0.25, -0.2) is 13.8 Å². The van der Waals surface area contributed by atoms with Crippen LogP contribution in [0.1, 0.15) is 23.1 Å². The lowest BCUT2D eigenvalue weighted by atomic mass is 10.1. The van der Waals surface area contributed by atoms with Gasteiger partial charge in [-0.15, -0.1) is 0 Å². The van der Waals surface area contributed by atoms with Gasteiger partial charge in [-0.2, -0.15) is 0 Å². The molecule has 0 amide bonds. The van der Waals surface area contributed by atoms with Crippen molar-refractivity contribution < 1.29 is 13.9 Å². The van der Waals surface area contributed by atoms with E-state index in [2.05, 4.69) is 4.98 Å². The van der Waals surface area contributed by atoms with E-state index in [0.29, 0.717) is 3.70 Å². The monoisotopic (exact) mass is 314 g/mol. The van der Waals surface area contributed by atoms with E-state index in [-0.39, 0.29) is 23.2 Å². The first kappa shape index (κ1) is 11.7. The minimum absolute atomic E-state index is 0.00338. The molecule has 0 aliphatic carbocycles. The first-order valence-corrected chi connectivity index (χ1v) is 4.94. The first-order chi connectivity index (χ1) is 6.61. The van der Waals surface area contributed by atoms with Crippen molar-refractivity contribution in [2.45, 2.75) is 19.6 Å². The molecular formula is C8H9F2IN2O. The lowest BCUT2D eigenvalue weighted by Gasteiger charge is -2.12. The largest absolute Gasteiger partial charge is 0.392 e. The average molecular weight is 314 g/mol. The van der Waals surface area contributed by atoms with Crippen LogP contribution in [0.25, 0.3) is 0 Å². The molecule has 3 N–H and O–H groups in total. The van der Waals surface area contributed by atoms with Gasteiger partial charge in [0.1, 0.15) is 3.70 Å². The van der Waals surface area contributed by atoms with Crippen molar-refractivity contribution in [2.75, 3.05) is 0 Å². The number of pyridine rings is 1. The third-order valence-electron chi connectivity index (χ3n) is 1.85. The molecule has 1 heterocycles. The summed E-state index contributed by atoms with van der Waals surface area (Å²) < 4.78 is 25.7. The van der Waals surface area contributed by atoms with Crippen molar-refractivity contribution in [3.63, 3.8) is 0 Å². The maximum atomic E-state index is 12.6. The molecule has 1 aromatic rings. The minimum Gasteiger partial charge on any atom is -0.392 e. The number of hydrogen-bond donors (Lipinski definition) is 2. The summed E-state index contributed by atoms with van der Waals surface area (Å²) in [5.74, 6) is 0. The van der Waals surface area contributed by atoms with Crippen molar-refractivity contribution in [3.8, 4) is 0 Å². The maximum Gasteiger partial charge on any atom is 0.264 e. The summed E-state index contributed by atoms with van der Waals surface area (Å²) in [7, 11) is 0. The molecule has 0 aromatic carbocycles. The zero-order valence-electron chi connectivity index (χ0n) is 7.17. The van der Waals surface area contributed by atoms with Gasteiger partial charge >= 0.3 is 0 Å². The van der Waals surface area contributed by atoms with Crippen LogP contribution in [0.15, 0.2) is 6.20 Å². The highest BCUT2D eigenvalue weighted by Crippen LogP contribution is 2.28. The summed E-state index contributed by atoms with van der Waals surface area (Å²) in [6.07, 6.45) is -1.31. The van der Waals surface area contributed by atoms with Crippen molar-refractivity contribution in [3.05, 3.63) is 26.6 Å². The molecule has 0 fully saturated rings. The van der Waals surface area contributed by atoms with Crippen molar-refractivity contribution in [1.82, 2.24) is 4.98 Å². The standard InChI is InChI=1S/C8H9F2IN2O/c9-7(10)6-4(1-12)2-13-8(11)5(6)3-14/h2,7,14H,1,3,12H2. The Morgan fingerprint density at radius 1 is 1.57 bits per heavy atom. The van der Waals surface area contributed by atoms with Gasteiger partial charge in [-0.05, 0) is 28.2 Å². The van der Waals surface area contributed by atoms with Crippen LogP contribution in [0.4, 0.5) is 8.78 Å². The number of hydrogen-bond acceptors (Lipinski definition) is 3. The SMILES string of the molecule is NCc1cnc(I)c(CO)c1C(F)F. The van der Waals surface area contributed by atoms with E-state index >= 15 is 0 Å². The third kappa shape index (κ3) is 2.18. The Bertz CT molecular complexity index is 333. The van der Waals surface area contributed by atoms with Gasteiger partial charge in [0.15, 0.2) is 0 Å². The Balaban J connectivity index is 3.36. The summed E-state index contributed by atoms with van der Waals surface area (Å²) in [6.45, 7) is -0.449. The number of aliphatic hydroxyl groups is 1. The van der Waals surface area contributed by atoms with E-state index in [1.807, 2.05) is 22.6 Å². The van der Waals surface area contributed by atoms with E-state index in [4.69, 9.17) is 10.8 Å². The number of nitrogens with zero attached hydrogens (tertiary/aromatic N) is 1. The molecule has 0 aliphatic heterocycles. The predicted octanol–water partition coefficient (Wildman–Crippen LogP) is 1.57. The normalized spacial score (nSPS) is 11.0. The quantitative estimate of drug-likeness (QED) is 0.658. The highest BCUT2D eigenvalue weighted by Gasteiger charge is 2.19. The van der Waals surface area contributed by atoms with E-state index in [1.165, 1.54) is 6.20 Å². The van der Waals surface area contributed by atoms with Gasteiger partial charge in [0.2, 0.25) is 0 Å². The number of aliphatic hydroxyl groups excluding tert-OH is 1. The molecule has 0 bridgehead atoms. The molecule has 0 saturated carbocycles. The summed E-state index contributed by atoms with van der Waals surface area (Å²) in [5.41, 5.74) is 5.57. The first-order valence-electron chi connectivity index (χ1n) is 3.87. The van der Waals surface area contributed by atoms with Gasteiger partial charge in [-0.3, -0.25) is 0 Å². The molecule has 1 rings (SSSR count). The molecule has 0 unspecified atom stereocenters. The van der Waals surface area contributed by atoms with E-state index < -0.39 is 13.0 Å². The minimum atomic E-state index is -2.63. The molecule has 6 heteroatoms. The van der Waals surface area contributed by atoms with Crippen LogP contribution in [0.3, 0.4) is 0 Å². The van der Waals surface area contributed by atoms with E-state index in [1.54, 1.807) is 0 Å². The topological polar surface area (TPSA) is 59.1 Å². The van der Waals surface area contributed by atoms with Gasteiger partial charge in [0.25, 0.3) is 6.43 Å². The molecule has 14 heavy (non-hydrogen) atoms. The summed E-state index contributed by atoms with van der Waals surface area (Å²) >= 11 is 1.81. The summed E-state index contributed by atoms with van der Waals surface area (Å²) in [4.78, 5) is 3.88. The molecule has 0 radical (unpaired) electrons. The molecule has 0 spiro atoms. The second-order valence-electron chi connectivity index (χ2n) is 2.63. The fraction of sp³-hybridized carbons (Fsp3) is 0.375. The zero-order chi connectivity index (χ0) is 10.7. The number of rotatable bonds is 3.